The Morgan fingerprint density at radius 1 is 1.36 bits per heavy atom. The van der Waals surface area contributed by atoms with E-state index < -0.39 is 0 Å². The van der Waals surface area contributed by atoms with Gasteiger partial charge in [0.1, 0.15) is 5.75 Å². The van der Waals surface area contributed by atoms with Gasteiger partial charge in [-0.15, -0.1) is 0 Å². The summed E-state index contributed by atoms with van der Waals surface area (Å²) in [6, 6.07) is 11.8. The van der Waals surface area contributed by atoms with Crippen LogP contribution in [0.4, 0.5) is 0 Å². The summed E-state index contributed by atoms with van der Waals surface area (Å²) < 4.78 is 5.44. The number of benzene rings is 2. The van der Waals surface area contributed by atoms with E-state index >= 15 is 0 Å². The highest BCUT2D eigenvalue weighted by Crippen LogP contribution is 2.29. The molecular weight excluding hydrogens is 350 g/mol. The van der Waals surface area contributed by atoms with Crippen LogP contribution in [0.2, 0.25) is 0 Å². The molecule has 1 aliphatic rings. The number of nitriles is 1. The van der Waals surface area contributed by atoms with Crippen molar-refractivity contribution >= 4 is 16.7 Å². The molecule has 0 spiro atoms. The number of ether oxygens (including phenoxy) is 1. The van der Waals surface area contributed by atoms with Gasteiger partial charge >= 0.3 is 0 Å². The molecule has 148 valence electrons. The Hall–Kier alpha value is -2.58. The molecule has 1 heterocycles. The minimum Gasteiger partial charge on any atom is -0.496 e. The summed E-state index contributed by atoms with van der Waals surface area (Å²) in [4.78, 5) is 17.4. The molecule has 1 fully saturated rings. The number of carbonyl (C=O) groups excluding carboxylic acids is 1. The maximum Gasteiger partial charge on any atom is 0.253 e. The van der Waals surface area contributed by atoms with Gasteiger partial charge in [-0.2, -0.15) is 5.26 Å². The van der Waals surface area contributed by atoms with Crippen molar-refractivity contribution in [2.45, 2.75) is 38.6 Å². The number of fused-ring (bicyclic) bond motifs is 1. The van der Waals surface area contributed by atoms with Crippen LogP contribution in [0.1, 0.15) is 48.5 Å². The van der Waals surface area contributed by atoms with Crippen molar-refractivity contribution in [1.82, 2.24) is 9.80 Å². The highest BCUT2D eigenvalue weighted by atomic mass is 16.5. The summed E-state index contributed by atoms with van der Waals surface area (Å²) in [5.41, 5.74) is 1.03. The molecule has 2 aromatic carbocycles. The van der Waals surface area contributed by atoms with Gasteiger partial charge < -0.3 is 9.64 Å². The first kappa shape index (κ1) is 20.2. The monoisotopic (exact) mass is 379 g/mol. The van der Waals surface area contributed by atoms with Gasteiger partial charge in [-0.25, -0.2) is 0 Å². The molecule has 5 nitrogen and oxygen atoms in total. The second-order valence-electron chi connectivity index (χ2n) is 7.56. The summed E-state index contributed by atoms with van der Waals surface area (Å²) >= 11 is 0. The third-order valence-corrected chi connectivity index (χ3v) is 5.67. The average Bonchev–Trinajstić information content (AvgIpc) is 3.16. The lowest BCUT2D eigenvalue weighted by atomic mass is 10.00. The second kappa shape index (κ2) is 9.07. The minimum atomic E-state index is -0.0494. The number of likely N-dealkylation sites (tertiary alicyclic amines) is 1. The van der Waals surface area contributed by atoms with Crippen LogP contribution in [0.25, 0.3) is 10.8 Å². The third kappa shape index (κ3) is 4.13. The zero-order chi connectivity index (χ0) is 20.1. The lowest BCUT2D eigenvalue weighted by Gasteiger charge is -2.29. The van der Waals surface area contributed by atoms with Gasteiger partial charge in [0.15, 0.2) is 0 Å². The Kier molecular flexibility index (Phi) is 6.53. The number of nitrogens with zero attached hydrogens (tertiary/aromatic N) is 3. The van der Waals surface area contributed by atoms with Crippen molar-refractivity contribution in [3.63, 3.8) is 0 Å². The van der Waals surface area contributed by atoms with Gasteiger partial charge in [0.25, 0.3) is 5.91 Å². The van der Waals surface area contributed by atoms with Crippen LogP contribution in [0.3, 0.4) is 0 Å². The molecule has 2 aromatic rings. The quantitative estimate of drug-likeness (QED) is 0.728. The molecule has 1 aliphatic heterocycles. The Bertz CT molecular complexity index is 887. The molecule has 0 aromatic heterocycles. The maximum atomic E-state index is 13.1. The van der Waals surface area contributed by atoms with E-state index in [1.54, 1.807) is 18.1 Å². The first-order valence-electron chi connectivity index (χ1n) is 10.1. The van der Waals surface area contributed by atoms with Gasteiger partial charge in [0.05, 0.1) is 18.7 Å². The van der Waals surface area contributed by atoms with Crippen LogP contribution in [-0.4, -0.2) is 55.5 Å². The van der Waals surface area contributed by atoms with E-state index in [9.17, 15) is 10.1 Å². The smallest absolute Gasteiger partial charge is 0.253 e. The number of unbranched alkanes of at least 4 members (excludes halogenated alkanes) is 1. The number of methoxy groups -OCH3 is 1. The highest BCUT2D eigenvalue weighted by Gasteiger charge is 2.27. The fraction of sp³-hybridized carbons (Fsp3) is 0.478. The van der Waals surface area contributed by atoms with E-state index in [-0.39, 0.29) is 5.91 Å². The summed E-state index contributed by atoms with van der Waals surface area (Å²) in [7, 11) is 3.46. The zero-order valence-electron chi connectivity index (χ0n) is 17.1. The number of carbonyl (C=O) groups is 1. The van der Waals surface area contributed by atoms with Crippen LogP contribution in [0.15, 0.2) is 30.3 Å². The summed E-state index contributed by atoms with van der Waals surface area (Å²) in [5, 5.41) is 11.2. The average molecular weight is 380 g/mol. The van der Waals surface area contributed by atoms with Crippen LogP contribution in [0.5, 0.6) is 5.75 Å². The lowest BCUT2D eigenvalue weighted by molar-refractivity contribution is 0.0752. The number of rotatable bonds is 7. The van der Waals surface area contributed by atoms with Crippen molar-refractivity contribution < 1.29 is 9.53 Å². The SMILES string of the molecule is CCCCN1CCCC1CN(C)C(=O)c1cc(C#N)c2cccc(OC)c2c1. The topological polar surface area (TPSA) is 56.6 Å². The summed E-state index contributed by atoms with van der Waals surface area (Å²) in [6.45, 7) is 5.16. The predicted octanol–water partition coefficient (Wildman–Crippen LogP) is 4.06. The fourth-order valence-corrected chi connectivity index (χ4v) is 4.13. The molecule has 0 bridgehead atoms. The van der Waals surface area contributed by atoms with Crippen molar-refractivity contribution in [3.05, 3.63) is 41.5 Å². The molecule has 1 saturated heterocycles. The molecule has 0 aliphatic carbocycles. The van der Waals surface area contributed by atoms with Crippen molar-refractivity contribution in [2.75, 3.05) is 33.8 Å². The van der Waals surface area contributed by atoms with Crippen LogP contribution in [0, 0.1) is 11.3 Å². The Morgan fingerprint density at radius 2 is 2.18 bits per heavy atom. The molecular formula is C23H29N3O2. The van der Waals surface area contributed by atoms with Crippen LogP contribution >= 0.6 is 0 Å². The maximum absolute atomic E-state index is 13.1. The van der Waals surface area contributed by atoms with Crippen LogP contribution in [-0.2, 0) is 0 Å². The molecule has 28 heavy (non-hydrogen) atoms. The van der Waals surface area contributed by atoms with Crippen molar-refractivity contribution in [3.8, 4) is 11.8 Å². The van der Waals surface area contributed by atoms with Gasteiger partial charge in [0.2, 0.25) is 0 Å². The molecule has 3 rings (SSSR count). The Labute approximate surface area is 167 Å². The number of amides is 1. The predicted molar refractivity (Wildman–Crippen MR) is 112 cm³/mol. The van der Waals surface area contributed by atoms with E-state index in [0.717, 1.165) is 30.3 Å². The number of hydrogen-bond donors (Lipinski definition) is 0. The third-order valence-electron chi connectivity index (χ3n) is 5.67. The first-order valence-corrected chi connectivity index (χ1v) is 10.1. The fourth-order valence-electron chi connectivity index (χ4n) is 4.13. The molecule has 1 amide bonds. The van der Waals surface area contributed by atoms with Gasteiger partial charge in [-0.3, -0.25) is 9.69 Å². The lowest BCUT2D eigenvalue weighted by Crippen LogP contribution is -2.41. The molecule has 0 radical (unpaired) electrons. The Morgan fingerprint density at radius 3 is 2.89 bits per heavy atom. The van der Waals surface area contributed by atoms with Crippen LogP contribution < -0.4 is 4.74 Å². The minimum absolute atomic E-state index is 0.0494. The first-order chi connectivity index (χ1) is 13.6. The van der Waals surface area contributed by atoms with E-state index in [4.69, 9.17) is 4.74 Å². The van der Waals surface area contributed by atoms with E-state index in [1.807, 2.05) is 31.3 Å². The number of likely N-dealkylation sites (N-methyl/N-ethyl adjacent to an activating group) is 1. The van der Waals surface area contributed by atoms with Gasteiger partial charge in [0, 0.05) is 36.0 Å². The second-order valence-corrected chi connectivity index (χ2v) is 7.56. The molecule has 0 saturated carbocycles. The zero-order valence-corrected chi connectivity index (χ0v) is 17.1. The normalized spacial score (nSPS) is 16.9. The molecule has 1 atom stereocenters. The standard InChI is InChI=1S/C23H29N3O2/c1-4-5-11-26-12-7-8-19(26)16-25(2)23(27)17-13-18(15-24)20-9-6-10-22(28-3)21(20)14-17/h6,9-10,13-14,19H,4-5,7-8,11-12,16H2,1-3H3. The molecule has 1 unspecified atom stereocenters. The Balaban J connectivity index is 1.83. The van der Waals surface area contributed by atoms with E-state index in [2.05, 4.69) is 17.9 Å². The van der Waals surface area contributed by atoms with Crippen molar-refractivity contribution in [1.29, 1.82) is 5.26 Å². The van der Waals surface area contributed by atoms with Gasteiger partial charge in [-0.1, -0.05) is 25.5 Å². The largest absolute Gasteiger partial charge is 0.496 e. The highest BCUT2D eigenvalue weighted by molar-refractivity contribution is 6.02. The van der Waals surface area contributed by atoms with E-state index in [1.165, 1.54) is 19.3 Å². The number of hydrogen-bond acceptors (Lipinski definition) is 4. The van der Waals surface area contributed by atoms with Crippen molar-refractivity contribution in [2.24, 2.45) is 0 Å². The van der Waals surface area contributed by atoms with Gasteiger partial charge in [-0.05, 0) is 50.6 Å². The molecule has 0 N–H and O–H groups in total. The molecule has 5 heteroatoms. The summed E-state index contributed by atoms with van der Waals surface area (Å²) in [6.07, 6.45) is 4.72. The van der Waals surface area contributed by atoms with E-state index in [0.29, 0.717) is 29.5 Å². The summed E-state index contributed by atoms with van der Waals surface area (Å²) in [5.74, 6) is 0.625.